The number of pyridine rings is 1. The normalized spacial score (nSPS) is 29.4. The summed E-state index contributed by atoms with van der Waals surface area (Å²) in [6, 6.07) is 9.20. The van der Waals surface area contributed by atoms with Crippen molar-refractivity contribution < 1.29 is 18.7 Å². The van der Waals surface area contributed by atoms with E-state index in [1.165, 1.54) is 12.3 Å². The molecule has 1 aliphatic carbocycles. The quantitative estimate of drug-likeness (QED) is 0.623. The number of esters is 1. The van der Waals surface area contributed by atoms with E-state index in [1.54, 1.807) is 12.1 Å². The fourth-order valence-corrected chi connectivity index (χ4v) is 6.60. The van der Waals surface area contributed by atoms with E-state index in [9.17, 15) is 14.9 Å². The number of ether oxygens (including phenoxy) is 1. The molecule has 6 rings (SSSR count). The molecule has 186 valence electrons. The Labute approximate surface area is 209 Å². The second kappa shape index (κ2) is 8.75. The van der Waals surface area contributed by atoms with Crippen molar-refractivity contribution in [2.24, 2.45) is 11.8 Å². The van der Waals surface area contributed by atoms with Crippen molar-refractivity contribution in [3.05, 3.63) is 53.0 Å². The molecule has 2 bridgehead atoms. The molecule has 0 radical (unpaired) electrons. The van der Waals surface area contributed by atoms with Gasteiger partial charge in [-0.05, 0) is 56.3 Å². The van der Waals surface area contributed by atoms with Crippen LogP contribution in [0, 0.1) is 29.0 Å². The summed E-state index contributed by atoms with van der Waals surface area (Å²) >= 11 is 0. The lowest BCUT2D eigenvalue weighted by Gasteiger charge is -2.23. The predicted molar refractivity (Wildman–Crippen MR) is 129 cm³/mol. The molecule has 3 fully saturated rings. The van der Waals surface area contributed by atoms with Crippen LogP contribution < -0.4 is 5.32 Å². The molecule has 1 spiro atoms. The van der Waals surface area contributed by atoms with Gasteiger partial charge in [0.2, 0.25) is 0 Å². The van der Waals surface area contributed by atoms with Gasteiger partial charge >= 0.3 is 5.97 Å². The van der Waals surface area contributed by atoms with Gasteiger partial charge in [0.05, 0.1) is 29.3 Å². The van der Waals surface area contributed by atoms with Crippen LogP contribution in [0.25, 0.3) is 11.3 Å². The molecule has 0 amide bonds. The topological polar surface area (TPSA) is 95.3 Å². The molecule has 4 heterocycles. The van der Waals surface area contributed by atoms with Gasteiger partial charge in [-0.3, -0.25) is 9.78 Å². The van der Waals surface area contributed by atoms with Gasteiger partial charge in [0, 0.05) is 49.3 Å². The number of nitrogens with one attached hydrogen (secondary N) is 1. The average molecular weight is 489 g/mol. The van der Waals surface area contributed by atoms with Gasteiger partial charge in [-0.25, -0.2) is 9.18 Å². The first-order valence-corrected chi connectivity index (χ1v) is 12.7. The molecule has 1 aromatic heterocycles. The van der Waals surface area contributed by atoms with Crippen LogP contribution in [0.5, 0.6) is 0 Å². The second-order valence-electron chi connectivity index (χ2n) is 10.9. The van der Waals surface area contributed by atoms with E-state index in [4.69, 9.17) is 4.74 Å². The molecule has 4 aliphatic rings. The molecule has 5 atom stereocenters. The van der Waals surface area contributed by atoms with Crippen molar-refractivity contribution >= 4 is 11.8 Å². The fraction of sp³-hybridized carbons (Fsp3) is 0.500. The number of nitrogens with zero attached hydrogens (tertiary/aromatic N) is 3. The third-order valence-corrected chi connectivity index (χ3v) is 8.48. The maximum atomic E-state index is 15.2. The maximum absolute atomic E-state index is 15.2. The highest BCUT2D eigenvalue weighted by Crippen LogP contribution is 2.44. The average Bonchev–Trinajstić information content (AvgIpc) is 3.65. The first kappa shape index (κ1) is 23.3. The van der Waals surface area contributed by atoms with Crippen LogP contribution in [-0.4, -0.2) is 53.9 Å². The van der Waals surface area contributed by atoms with Gasteiger partial charge < -0.3 is 15.0 Å². The Morgan fingerprint density at radius 1 is 1.39 bits per heavy atom. The molecule has 3 aliphatic heterocycles. The van der Waals surface area contributed by atoms with E-state index in [1.807, 2.05) is 13.1 Å². The molecule has 1 aromatic carbocycles. The number of Topliss-reactive ketones (excluding diaryl/α,β-unsaturated/α-hetero) is 1. The number of aromatic nitrogens is 1. The molecule has 2 saturated heterocycles. The van der Waals surface area contributed by atoms with Gasteiger partial charge in [0.25, 0.3) is 0 Å². The molecule has 8 heteroatoms. The Hall–Kier alpha value is -3.15. The van der Waals surface area contributed by atoms with E-state index < -0.39 is 17.3 Å². The Kier molecular flexibility index (Phi) is 5.66. The van der Waals surface area contributed by atoms with E-state index in [0.717, 1.165) is 31.4 Å². The summed E-state index contributed by atoms with van der Waals surface area (Å²) < 4.78 is 20.9. The molecule has 1 N–H and O–H groups in total. The minimum absolute atomic E-state index is 0.0661. The number of carbonyl (C=O) groups excluding carboxylic acids is 2. The van der Waals surface area contributed by atoms with Crippen molar-refractivity contribution in [1.29, 1.82) is 5.26 Å². The summed E-state index contributed by atoms with van der Waals surface area (Å²) in [4.78, 5) is 31.8. The third kappa shape index (κ3) is 3.91. The molecular weight excluding hydrogens is 459 g/mol. The Balaban J connectivity index is 1.19. The van der Waals surface area contributed by atoms with Crippen molar-refractivity contribution in [3.8, 4) is 17.3 Å². The highest BCUT2D eigenvalue weighted by molar-refractivity contribution is 5.95. The number of benzene rings is 1. The zero-order chi connectivity index (χ0) is 25.0. The van der Waals surface area contributed by atoms with Crippen LogP contribution in [0.4, 0.5) is 4.39 Å². The minimum atomic E-state index is -0.669. The number of fused-ring (bicyclic) bond motifs is 4. The number of piperidine rings is 1. The first-order chi connectivity index (χ1) is 17.3. The number of likely N-dealkylation sites (tertiary alicyclic amines) is 1. The summed E-state index contributed by atoms with van der Waals surface area (Å²) in [5.41, 5.74) is 2.18. The summed E-state index contributed by atoms with van der Waals surface area (Å²) in [6.07, 6.45) is 5.78. The standard InChI is InChI=1S/C28H29FN4O3/c1-33-7-6-28(15-33)22-12-24(31-14-21(22)27(35)36-28)18-3-2-17(23(29)11-18)8-16(13-30)9-25(34)26-19-4-5-20(10-19)32-26/h2-3,11-12,14,16,19-20,26,32H,4-10,15H2,1H3/t16-,19+,20-,26+,28?/m1/s1. The van der Waals surface area contributed by atoms with Crippen molar-refractivity contribution in [2.75, 3.05) is 20.1 Å². The van der Waals surface area contributed by atoms with Crippen LogP contribution in [0.3, 0.4) is 0 Å². The lowest BCUT2D eigenvalue weighted by atomic mass is 9.88. The number of rotatable bonds is 6. The minimum Gasteiger partial charge on any atom is -0.449 e. The van der Waals surface area contributed by atoms with Gasteiger partial charge in [0.15, 0.2) is 11.4 Å². The van der Waals surface area contributed by atoms with Crippen LogP contribution >= 0.6 is 0 Å². The summed E-state index contributed by atoms with van der Waals surface area (Å²) in [5, 5.41) is 13.1. The van der Waals surface area contributed by atoms with Crippen LogP contribution in [-0.2, 0) is 21.6 Å². The smallest absolute Gasteiger partial charge is 0.341 e. The van der Waals surface area contributed by atoms with Crippen molar-refractivity contribution in [1.82, 2.24) is 15.2 Å². The number of ketones is 1. The highest BCUT2D eigenvalue weighted by atomic mass is 19.1. The van der Waals surface area contributed by atoms with Crippen LogP contribution in [0.2, 0.25) is 0 Å². The third-order valence-electron chi connectivity index (χ3n) is 8.48. The molecular formula is C28H29FN4O3. The maximum Gasteiger partial charge on any atom is 0.341 e. The lowest BCUT2D eigenvalue weighted by molar-refractivity contribution is -0.122. The lowest BCUT2D eigenvalue weighted by Crippen LogP contribution is -2.42. The molecule has 1 saturated carbocycles. The summed E-state index contributed by atoms with van der Waals surface area (Å²) in [5.74, 6) is -0.917. The summed E-state index contributed by atoms with van der Waals surface area (Å²) in [7, 11) is 1.99. The first-order valence-electron chi connectivity index (χ1n) is 12.7. The predicted octanol–water partition coefficient (Wildman–Crippen LogP) is 3.37. The number of likely N-dealkylation sites (N-methyl/N-ethyl adjacent to an activating group) is 1. The number of nitriles is 1. The van der Waals surface area contributed by atoms with E-state index in [-0.39, 0.29) is 30.6 Å². The summed E-state index contributed by atoms with van der Waals surface area (Å²) in [6.45, 7) is 1.45. The molecule has 7 nitrogen and oxygen atoms in total. The number of hydrogen-bond donors (Lipinski definition) is 1. The monoisotopic (exact) mass is 488 g/mol. The fourth-order valence-electron chi connectivity index (χ4n) is 6.60. The van der Waals surface area contributed by atoms with Crippen molar-refractivity contribution in [3.63, 3.8) is 0 Å². The van der Waals surface area contributed by atoms with Crippen molar-refractivity contribution in [2.45, 2.75) is 56.2 Å². The van der Waals surface area contributed by atoms with E-state index in [2.05, 4.69) is 21.3 Å². The van der Waals surface area contributed by atoms with Gasteiger partial charge in [-0.15, -0.1) is 0 Å². The zero-order valence-corrected chi connectivity index (χ0v) is 20.3. The van der Waals surface area contributed by atoms with Crippen LogP contribution in [0.1, 0.15) is 53.6 Å². The highest BCUT2D eigenvalue weighted by Gasteiger charge is 2.49. The largest absolute Gasteiger partial charge is 0.449 e. The van der Waals surface area contributed by atoms with Gasteiger partial charge in [0.1, 0.15) is 5.82 Å². The molecule has 36 heavy (non-hydrogen) atoms. The van der Waals surface area contributed by atoms with Gasteiger partial charge in [-0.1, -0.05) is 12.1 Å². The Morgan fingerprint density at radius 3 is 2.92 bits per heavy atom. The molecule has 1 unspecified atom stereocenters. The SMILES string of the molecule is CN1CCC2(C1)OC(=O)c1cnc(-c3ccc(C[C@@H](C#N)CC(=O)[C@H]4N[C@@H]5CC[C@H]4C5)c(F)c3)cc12. The zero-order valence-electron chi connectivity index (χ0n) is 20.3. The number of halogens is 1. The van der Waals surface area contributed by atoms with Crippen LogP contribution in [0.15, 0.2) is 30.5 Å². The molecule has 2 aromatic rings. The Bertz CT molecular complexity index is 1290. The Morgan fingerprint density at radius 2 is 2.25 bits per heavy atom. The van der Waals surface area contributed by atoms with Gasteiger partial charge in [-0.2, -0.15) is 5.26 Å². The number of carbonyl (C=O) groups is 2. The number of hydrogen-bond acceptors (Lipinski definition) is 7. The second-order valence-corrected chi connectivity index (χ2v) is 10.9. The van der Waals surface area contributed by atoms with E-state index in [0.29, 0.717) is 47.3 Å². The van der Waals surface area contributed by atoms with E-state index >= 15 is 4.39 Å².